The number of hydrogen-bond donors (Lipinski definition) is 1. The Labute approximate surface area is 180 Å². The molecule has 0 fully saturated rings. The number of rotatable bonds is 5. The molecule has 0 unspecified atom stereocenters. The molecule has 11 heteroatoms. The average molecular weight is 437 g/mol. The van der Waals surface area contributed by atoms with Crippen LogP contribution >= 0.6 is 0 Å². The van der Waals surface area contributed by atoms with Crippen molar-refractivity contribution in [3.8, 4) is 22.9 Å². The molecular weight excluding hydrogens is 421 g/mol. The Balaban J connectivity index is 1.31. The van der Waals surface area contributed by atoms with Gasteiger partial charge in [-0.3, -0.25) is 9.59 Å². The summed E-state index contributed by atoms with van der Waals surface area (Å²) in [4.78, 5) is 28.9. The van der Waals surface area contributed by atoms with E-state index in [0.717, 1.165) is 5.01 Å². The Bertz CT molecular complexity index is 1240. The summed E-state index contributed by atoms with van der Waals surface area (Å²) >= 11 is 0. The monoisotopic (exact) mass is 437 g/mol. The van der Waals surface area contributed by atoms with Crippen LogP contribution in [-0.4, -0.2) is 46.0 Å². The maximum atomic E-state index is 13.3. The summed E-state index contributed by atoms with van der Waals surface area (Å²) in [7, 11) is 0. The van der Waals surface area contributed by atoms with E-state index in [9.17, 15) is 14.0 Å². The van der Waals surface area contributed by atoms with Gasteiger partial charge < -0.3 is 19.3 Å². The summed E-state index contributed by atoms with van der Waals surface area (Å²) in [5.74, 6) is 0.393. The molecule has 0 bridgehead atoms. The molecule has 0 saturated carbocycles. The normalized spacial score (nSPS) is 15.0. The molecule has 2 aliphatic heterocycles. The van der Waals surface area contributed by atoms with Gasteiger partial charge in [0.15, 0.2) is 11.5 Å². The van der Waals surface area contributed by atoms with E-state index in [4.69, 9.17) is 14.0 Å². The zero-order valence-corrected chi connectivity index (χ0v) is 16.6. The van der Waals surface area contributed by atoms with Gasteiger partial charge in [-0.2, -0.15) is 10.1 Å². The molecule has 162 valence electrons. The maximum absolute atomic E-state index is 13.3. The third-order valence-electron chi connectivity index (χ3n) is 4.81. The topological polar surface area (TPSA) is 119 Å². The highest BCUT2D eigenvalue weighted by Crippen LogP contribution is 2.35. The predicted octanol–water partition coefficient (Wildman–Crippen LogP) is 2.57. The third-order valence-corrected chi connectivity index (χ3v) is 4.81. The molecule has 1 N–H and O–H groups in total. The second kappa shape index (κ2) is 8.10. The fourth-order valence-electron chi connectivity index (χ4n) is 3.28. The first-order valence-corrected chi connectivity index (χ1v) is 9.72. The Hall–Kier alpha value is -4.28. The predicted molar refractivity (Wildman–Crippen MR) is 108 cm³/mol. The molecule has 5 rings (SSSR count). The molecule has 3 heterocycles. The van der Waals surface area contributed by atoms with E-state index in [1.807, 2.05) is 0 Å². The molecule has 0 spiro atoms. The van der Waals surface area contributed by atoms with Gasteiger partial charge in [0.2, 0.25) is 24.4 Å². The van der Waals surface area contributed by atoms with Crippen LogP contribution in [0.25, 0.3) is 11.4 Å². The van der Waals surface area contributed by atoms with E-state index in [1.54, 1.807) is 24.3 Å². The number of fused-ring (bicyclic) bond motifs is 1. The Morgan fingerprint density at radius 1 is 1.12 bits per heavy atom. The molecule has 2 amide bonds. The summed E-state index contributed by atoms with van der Waals surface area (Å²) in [6.45, 7) is -0.175. The summed E-state index contributed by atoms with van der Waals surface area (Å²) in [5, 5.41) is 11.8. The number of nitrogens with zero attached hydrogens (tertiary/aromatic N) is 4. The van der Waals surface area contributed by atoms with E-state index >= 15 is 0 Å². The third kappa shape index (κ3) is 4.00. The van der Waals surface area contributed by atoms with Gasteiger partial charge in [-0.05, 0) is 36.4 Å². The zero-order valence-electron chi connectivity index (χ0n) is 16.6. The molecule has 2 aliphatic rings. The van der Waals surface area contributed by atoms with E-state index in [-0.39, 0.29) is 37.2 Å². The lowest BCUT2D eigenvalue weighted by atomic mass is 10.1. The maximum Gasteiger partial charge on any atom is 0.274 e. The first kappa shape index (κ1) is 19.7. The minimum absolute atomic E-state index is 0.133. The number of carbonyl (C=O) groups is 2. The smallest absolute Gasteiger partial charge is 0.274 e. The number of carbonyl (C=O) groups excluding carboxylic acids is 2. The summed E-state index contributed by atoms with van der Waals surface area (Å²) in [5.41, 5.74) is 1.35. The SMILES string of the molecule is O=C(CN1N=C(c2nc(-c3ccc4c(c3)OCO4)no2)CCC1=O)Nc1cccc(F)c1. The van der Waals surface area contributed by atoms with E-state index < -0.39 is 11.7 Å². The van der Waals surface area contributed by atoms with Crippen molar-refractivity contribution in [2.24, 2.45) is 5.10 Å². The largest absolute Gasteiger partial charge is 0.454 e. The minimum atomic E-state index is -0.513. The second-order valence-electron chi connectivity index (χ2n) is 7.05. The number of halogens is 1. The molecule has 0 atom stereocenters. The van der Waals surface area contributed by atoms with Crippen LogP contribution < -0.4 is 14.8 Å². The van der Waals surface area contributed by atoms with Gasteiger partial charge >= 0.3 is 0 Å². The number of nitrogens with one attached hydrogen (secondary N) is 1. The molecule has 32 heavy (non-hydrogen) atoms. The Morgan fingerprint density at radius 2 is 2.00 bits per heavy atom. The second-order valence-corrected chi connectivity index (χ2v) is 7.05. The van der Waals surface area contributed by atoms with Gasteiger partial charge in [0, 0.05) is 24.1 Å². The van der Waals surface area contributed by atoms with Crippen LogP contribution in [0.3, 0.4) is 0 Å². The lowest BCUT2D eigenvalue weighted by Gasteiger charge is -2.21. The first-order chi connectivity index (χ1) is 15.5. The number of hydrogen-bond acceptors (Lipinski definition) is 8. The van der Waals surface area contributed by atoms with Crippen molar-refractivity contribution in [1.82, 2.24) is 15.1 Å². The minimum Gasteiger partial charge on any atom is -0.454 e. The van der Waals surface area contributed by atoms with Crippen molar-refractivity contribution in [2.75, 3.05) is 18.7 Å². The Morgan fingerprint density at radius 3 is 2.88 bits per heavy atom. The molecule has 0 radical (unpaired) electrons. The van der Waals surface area contributed by atoms with Gasteiger partial charge in [-0.25, -0.2) is 9.40 Å². The molecular formula is C21H16FN5O5. The van der Waals surface area contributed by atoms with E-state index in [2.05, 4.69) is 20.6 Å². The summed E-state index contributed by atoms with van der Waals surface area (Å²) in [6, 6.07) is 10.7. The number of ether oxygens (including phenoxy) is 2. The fourth-order valence-corrected chi connectivity index (χ4v) is 3.28. The van der Waals surface area contributed by atoms with E-state index in [1.165, 1.54) is 18.2 Å². The van der Waals surface area contributed by atoms with Crippen LogP contribution in [0, 0.1) is 5.82 Å². The highest BCUT2D eigenvalue weighted by Gasteiger charge is 2.27. The highest BCUT2D eigenvalue weighted by atomic mass is 19.1. The van der Waals surface area contributed by atoms with Crippen molar-refractivity contribution in [3.05, 3.63) is 54.2 Å². The summed E-state index contributed by atoms with van der Waals surface area (Å²) in [6.07, 6.45) is 0.428. The average Bonchev–Trinajstić information content (AvgIpc) is 3.44. The van der Waals surface area contributed by atoms with Crippen LogP contribution in [0.5, 0.6) is 11.5 Å². The van der Waals surface area contributed by atoms with Crippen molar-refractivity contribution in [3.63, 3.8) is 0 Å². The van der Waals surface area contributed by atoms with Gasteiger partial charge in [0.05, 0.1) is 0 Å². The van der Waals surface area contributed by atoms with Crippen LogP contribution in [0.15, 0.2) is 52.1 Å². The van der Waals surface area contributed by atoms with Crippen molar-refractivity contribution >= 4 is 23.2 Å². The van der Waals surface area contributed by atoms with Gasteiger partial charge in [0.1, 0.15) is 18.1 Å². The van der Waals surface area contributed by atoms with Crippen molar-refractivity contribution in [2.45, 2.75) is 12.8 Å². The van der Waals surface area contributed by atoms with Crippen LogP contribution in [0.1, 0.15) is 18.7 Å². The molecule has 10 nitrogen and oxygen atoms in total. The number of hydrazone groups is 1. The molecule has 0 saturated heterocycles. The lowest BCUT2D eigenvalue weighted by Crippen LogP contribution is -2.38. The molecule has 2 aromatic carbocycles. The van der Waals surface area contributed by atoms with E-state index in [0.29, 0.717) is 35.0 Å². The molecule has 1 aromatic heterocycles. The van der Waals surface area contributed by atoms with Crippen LogP contribution in [0.4, 0.5) is 10.1 Å². The fraction of sp³-hybridized carbons (Fsp3) is 0.190. The highest BCUT2D eigenvalue weighted by molar-refractivity contribution is 6.02. The molecule has 3 aromatic rings. The zero-order chi connectivity index (χ0) is 22.1. The number of benzene rings is 2. The van der Waals surface area contributed by atoms with Gasteiger partial charge in [-0.15, -0.1) is 0 Å². The number of anilines is 1. The quantitative estimate of drug-likeness (QED) is 0.652. The standard InChI is InChI=1S/C21H16FN5O5/c22-13-2-1-3-14(9-13)23-18(28)10-27-19(29)7-5-15(25-27)21-24-20(26-32-21)12-4-6-16-17(8-12)31-11-30-16/h1-4,6,8-9H,5,7,10-11H2,(H,23,28). The van der Waals surface area contributed by atoms with Gasteiger partial charge in [-0.1, -0.05) is 11.2 Å². The van der Waals surface area contributed by atoms with Crippen LogP contribution in [0.2, 0.25) is 0 Å². The number of aromatic nitrogens is 2. The van der Waals surface area contributed by atoms with Crippen molar-refractivity contribution in [1.29, 1.82) is 0 Å². The number of amides is 2. The lowest BCUT2D eigenvalue weighted by molar-refractivity contribution is -0.135. The Kier molecular flexibility index (Phi) is 4.98. The first-order valence-electron chi connectivity index (χ1n) is 9.72. The summed E-state index contributed by atoms with van der Waals surface area (Å²) < 4.78 is 29.3. The van der Waals surface area contributed by atoms with Crippen LogP contribution in [-0.2, 0) is 9.59 Å². The van der Waals surface area contributed by atoms with Crippen molar-refractivity contribution < 1.29 is 28.0 Å². The molecule has 0 aliphatic carbocycles. The van der Waals surface area contributed by atoms with Gasteiger partial charge in [0.25, 0.3) is 5.89 Å².